The van der Waals surface area contributed by atoms with E-state index in [1.54, 1.807) is 0 Å². The fourth-order valence-electron chi connectivity index (χ4n) is 6.61. The van der Waals surface area contributed by atoms with Crippen LogP contribution in [0.15, 0.2) is 42.5 Å². The summed E-state index contributed by atoms with van der Waals surface area (Å²) in [5.41, 5.74) is 9.59. The number of imide groups is 1. The lowest BCUT2D eigenvalue weighted by molar-refractivity contribution is -0.134. The number of nitrogens with one attached hydrogen (secondary N) is 3. The molecule has 8 nitrogen and oxygen atoms in total. The number of hydrogen-bond donors (Lipinski definition) is 3. The molecule has 204 valence electrons. The van der Waals surface area contributed by atoms with Crippen molar-refractivity contribution in [1.29, 1.82) is 0 Å². The molecule has 7 rings (SSSR count). The average Bonchev–Trinajstić information content (AvgIpc) is 3.54. The van der Waals surface area contributed by atoms with Crippen molar-refractivity contribution < 1.29 is 14.4 Å². The Balaban J connectivity index is 1.09. The Kier molecular flexibility index (Phi) is 5.70. The SMILES string of the molecule is CC1(C)CCc2c(-c3cc4ccc(C(=O)N5CCc6cc(C7CCC(=O)NC7=O)ccc6C5)cc4[nH]3)n[nH]c2C1. The summed E-state index contributed by atoms with van der Waals surface area (Å²) < 4.78 is 0. The Bertz CT molecular complexity index is 1690. The first-order chi connectivity index (χ1) is 19.2. The maximum Gasteiger partial charge on any atom is 0.254 e. The zero-order valence-corrected chi connectivity index (χ0v) is 22.9. The van der Waals surface area contributed by atoms with Crippen molar-refractivity contribution in [2.75, 3.05) is 6.54 Å². The van der Waals surface area contributed by atoms with Gasteiger partial charge in [0.15, 0.2) is 0 Å². The van der Waals surface area contributed by atoms with Gasteiger partial charge in [-0.2, -0.15) is 5.10 Å². The van der Waals surface area contributed by atoms with Crippen molar-refractivity contribution in [2.45, 2.75) is 64.8 Å². The van der Waals surface area contributed by atoms with Gasteiger partial charge in [0, 0.05) is 47.2 Å². The lowest BCUT2D eigenvalue weighted by atomic mass is 9.76. The fraction of sp³-hybridized carbons (Fsp3) is 0.375. The number of carbonyl (C=O) groups is 3. The minimum atomic E-state index is -0.293. The molecule has 1 saturated heterocycles. The standard InChI is InChI=1S/C32H33N5O3/c1-32(2)11-9-24-27(16-32)35-36-29(24)26-14-20-4-5-21(15-25(20)33-26)31(40)37-12-10-18-13-19(3-6-22(18)17-37)23-7-8-28(38)34-30(23)39/h3-6,13-15,23,33H,7-12,16-17H2,1-2H3,(H,35,36)(H,34,38,39). The number of H-pyrrole nitrogens is 2. The monoisotopic (exact) mass is 535 g/mol. The van der Waals surface area contributed by atoms with E-state index in [-0.39, 0.29) is 29.1 Å². The van der Waals surface area contributed by atoms with Gasteiger partial charge in [-0.15, -0.1) is 0 Å². The van der Waals surface area contributed by atoms with Gasteiger partial charge in [-0.25, -0.2) is 0 Å². The molecule has 3 N–H and O–H groups in total. The molecule has 1 aliphatic carbocycles. The smallest absolute Gasteiger partial charge is 0.254 e. The Labute approximate surface area is 232 Å². The lowest BCUT2D eigenvalue weighted by Gasteiger charge is -2.30. The Hall–Kier alpha value is -4.20. The third-order valence-corrected chi connectivity index (χ3v) is 8.96. The summed E-state index contributed by atoms with van der Waals surface area (Å²) in [6.07, 6.45) is 4.80. The number of carbonyl (C=O) groups excluding carboxylic acids is 3. The number of hydrogen-bond acceptors (Lipinski definition) is 4. The van der Waals surface area contributed by atoms with Gasteiger partial charge in [0.25, 0.3) is 5.91 Å². The largest absolute Gasteiger partial charge is 0.353 e. The molecule has 0 bridgehead atoms. The second kappa shape index (κ2) is 9.18. The highest BCUT2D eigenvalue weighted by Crippen LogP contribution is 2.38. The molecule has 4 heterocycles. The first kappa shape index (κ1) is 24.8. The number of amides is 3. The minimum Gasteiger partial charge on any atom is -0.353 e. The van der Waals surface area contributed by atoms with Crippen LogP contribution in [0.5, 0.6) is 0 Å². The summed E-state index contributed by atoms with van der Waals surface area (Å²) in [6.45, 7) is 5.76. The zero-order valence-electron chi connectivity index (χ0n) is 22.9. The third kappa shape index (κ3) is 4.31. The number of fused-ring (bicyclic) bond motifs is 3. The number of piperidine rings is 1. The maximum atomic E-state index is 13.5. The first-order valence-electron chi connectivity index (χ1n) is 14.2. The number of aromatic nitrogens is 3. The van der Waals surface area contributed by atoms with E-state index < -0.39 is 0 Å². The van der Waals surface area contributed by atoms with Crippen molar-refractivity contribution in [1.82, 2.24) is 25.4 Å². The maximum absolute atomic E-state index is 13.5. The second-order valence-electron chi connectivity index (χ2n) is 12.4. The van der Waals surface area contributed by atoms with E-state index in [1.165, 1.54) is 16.8 Å². The van der Waals surface area contributed by atoms with Crippen molar-refractivity contribution in [2.24, 2.45) is 5.41 Å². The molecule has 40 heavy (non-hydrogen) atoms. The predicted molar refractivity (Wildman–Crippen MR) is 152 cm³/mol. The van der Waals surface area contributed by atoms with E-state index in [9.17, 15) is 14.4 Å². The van der Waals surface area contributed by atoms with Crippen LogP contribution in [0.4, 0.5) is 0 Å². The Morgan fingerprint density at radius 2 is 1.90 bits per heavy atom. The predicted octanol–water partition coefficient (Wildman–Crippen LogP) is 4.79. The Morgan fingerprint density at radius 1 is 1.02 bits per heavy atom. The van der Waals surface area contributed by atoms with Crippen LogP contribution in [-0.2, 0) is 35.4 Å². The summed E-state index contributed by atoms with van der Waals surface area (Å²) in [5, 5.41) is 11.4. The second-order valence-corrected chi connectivity index (χ2v) is 12.4. The highest BCUT2D eigenvalue weighted by atomic mass is 16.2. The van der Waals surface area contributed by atoms with E-state index in [4.69, 9.17) is 0 Å². The van der Waals surface area contributed by atoms with Crippen molar-refractivity contribution in [3.63, 3.8) is 0 Å². The van der Waals surface area contributed by atoms with Crippen LogP contribution in [0.3, 0.4) is 0 Å². The van der Waals surface area contributed by atoms with Crippen LogP contribution in [0.25, 0.3) is 22.3 Å². The molecule has 2 aromatic heterocycles. The third-order valence-electron chi connectivity index (χ3n) is 8.96. The molecule has 3 amide bonds. The van der Waals surface area contributed by atoms with E-state index in [0.29, 0.717) is 31.5 Å². The summed E-state index contributed by atoms with van der Waals surface area (Å²) in [5.74, 6) is -0.703. The number of nitrogens with zero attached hydrogens (tertiary/aromatic N) is 2. The van der Waals surface area contributed by atoms with Crippen molar-refractivity contribution in [3.05, 3.63) is 76.0 Å². The van der Waals surface area contributed by atoms with Gasteiger partial charge in [0.05, 0.1) is 11.6 Å². The van der Waals surface area contributed by atoms with Crippen LogP contribution >= 0.6 is 0 Å². The Morgan fingerprint density at radius 3 is 2.75 bits per heavy atom. The molecule has 8 heteroatoms. The van der Waals surface area contributed by atoms with Crippen LogP contribution in [-0.4, -0.2) is 44.3 Å². The lowest BCUT2D eigenvalue weighted by Crippen LogP contribution is -2.39. The molecule has 1 fully saturated rings. The first-order valence-corrected chi connectivity index (χ1v) is 14.2. The average molecular weight is 536 g/mol. The molecule has 1 unspecified atom stereocenters. The summed E-state index contributed by atoms with van der Waals surface area (Å²) in [7, 11) is 0. The highest BCUT2D eigenvalue weighted by molar-refractivity contribution is 6.01. The van der Waals surface area contributed by atoms with Crippen LogP contribution in [0.1, 0.15) is 77.3 Å². The van der Waals surface area contributed by atoms with Gasteiger partial charge in [-0.05, 0) is 72.4 Å². The van der Waals surface area contributed by atoms with Gasteiger partial charge in [-0.1, -0.05) is 38.1 Å². The molecule has 0 saturated carbocycles. The van der Waals surface area contributed by atoms with Crippen molar-refractivity contribution in [3.8, 4) is 11.4 Å². The van der Waals surface area contributed by atoms with E-state index in [2.05, 4.69) is 46.5 Å². The highest BCUT2D eigenvalue weighted by Gasteiger charge is 2.31. The molecular weight excluding hydrogens is 502 g/mol. The molecule has 3 aliphatic rings. The van der Waals surface area contributed by atoms with Crippen LogP contribution in [0.2, 0.25) is 0 Å². The van der Waals surface area contributed by atoms with Gasteiger partial charge < -0.3 is 9.88 Å². The molecule has 4 aromatic rings. The molecule has 1 atom stereocenters. The van der Waals surface area contributed by atoms with Crippen LogP contribution < -0.4 is 5.32 Å². The van der Waals surface area contributed by atoms with Gasteiger partial charge >= 0.3 is 0 Å². The summed E-state index contributed by atoms with van der Waals surface area (Å²) in [6, 6.07) is 14.1. The van der Waals surface area contributed by atoms with Gasteiger partial charge in [0.2, 0.25) is 11.8 Å². The zero-order chi connectivity index (χ0) is 27.6. The molecule has 0 spiro atoms. The van der Waals surface area contributed by atoms with Gasteiger partial charge in [0.1, 0.15) is 5.69 Å². The molecular formula is C32H33N5O3. The number of aromatic amines is 2. The van der Waals surface area contributed by atoms with E-state index in [0.717, 1.165) is 59.1 Å². The molecule has 0 radical (unpaired) electrons. The van der Waals surface area contributed by atoms with E-state index in [1.807, 2.05) is 35.2 Å². The summed E-state index contributed by atoms with van der Waals surface area (Å²) in [4.78, 5) is 42.8. The van der Waals surface area contributed by atoms with Crippen molar-refractivity contribution >= 4 is 28.6 Å². The topological polar surface area (TPSA) is 111 Å². The van der Waals surface area contributed by atoms with Crippen LogP contribution in [0, 0.1) is 5.41 Å². The molecule has 2 aromatic carbocycles. The molecule has 2 aliphatic heterocycles. The number of benzene rings is 2. The minimum absolute atomic E-state index is 0.0114. The fourth-order valence-corrected chi connectivity index (χ4v) is 6.61. The van der Waals surface area contributed by atoms with Gasteiger partial charge in [-0.3, -0.25) is 24.8 Å². The quantitative estimate of drug-likeness (QED) is 0.328. The number of rotatable bonds is 3. The summed E-state index contributed by atoms with van der Waals surface area (Å²) >= 11 is 0. The normalized spacial score (nSPS) is 20.2. The van der Waals surface area contributed by atoms with E-state index >= 15 is 0 Å².